The summed E-state index contributed by atoms with van der Waals surface area (Å²) >= 11 is 0. The van der Waals surface area contributed by atoms with Crippen LogP contribution in [0.5, 0.6) is 0 Å². The van der Waals surface area contributed by atoms with Crippen LogP contribution in [0.1, 0.15) is 65.2 Å². The molecule has 114 valence electrons. The van der Waals surface area contributed by atoms with E-state index in [1.807, 2.05) is 0 Å². The lowest BCUT2D eigenvalue weighted by atomic mass is 10.1. The maximum atomic E-state index is 9.75. The highest BCUT2D eigenvalue weighted by Crippen LogP contribution is 2.43. The van der Waals surface area contributed by atoms with E-state index >= 15 is 0 Å². The number of hydrogen-bond donors (Lipinski definition) is 2. The molecule has 3 heteroatoms. The lowest BCUT2D eigenvalue weighted by Gasteiger charge is -2.14. The molecule has 0 bridgehead atoms. The van der Waals surface area contributed by atoms with Crippen LogP contribution in [-0.4, -0.2) is 37.5 Å². The summed E-state index contributed by atoms with van der Waals surface area (Å²) in [4.78, 5) is 0. The van der Waals surface area contributed by atoms with Crippen LogP contribution >= 0.6 is 0 Å². The predicted octanol–water partition coefficient (Wildman–Crippen LogP) is 3.11. The van der Waals surface area contributed by atoms with Crippen LogP contribution in [0, 0.1) is 5.41 Å². The summed E-state index contributed by atoms with van der Waals surface area (Å²) in [5.41, 5.74) is 0.513. The standard InChI is InChI=1S/C16H33NO2/c1-3-4-5-6-7-8-11-19-13-15(18)12-17-14-16(2)9-10-16/h15,17-18H,3-14H2,1-2H3. The first-order valence-corrected chi connectivity index (χ1v) is 8.13. The fourth-order valence-corrected chi connectivity index (χ4v) is 2.19. The van der Waals surface area contributed by atoms with Crippen molar-refractivity contribution in [1.82, 2.24) is 5.32 Å². The smallest absolute Gasteiger partial charge is 0.0897 e. The molecule has 1 unspecified atom stereocenters. The number of aliphatic hydroxyl groups is 1. The molecule has 1 saturated carbocycles. The van der Waals surface area contributed by atoms with Crippen LogP contribution in [-0.2, 0) is 4.74 Å². The maximum Gasteiger partial charge on any atom is 0.0897 e. The minimum Gasteiger partial charge on any atom is -0.389 e. The first-order chi connectivity index (χ1) is 9.16. The van der Waals surface area contributed by atoms with Crippen LogP contribution in [0.3, 0.4) is 0 Å². The molecule has 1 fully saturated rings. The van der Waals surface area contributed by atoms with Crippen molar-refractivity contribution in [1.29, 1.82) is 0 Å². The Hall–Kier alpha value is -0.120. The first-order valence-electron chi connectivity index (χ1n) is 8.13. The van der Waals surface area contributed by atoms with Gasteiger partial charge in [-0.3, -0.25) is 0 Å². The van der Waals surface area contributed by atoms with E-state index in [0.29, 0.717) is 18.6 Å². The highest BCUT2D eigenvalue weighted by molar-refractivity contribution is 4.90. The zero-order valence-corrected chi connectivity index (χ0v) is 12.9. The molecule has 0 aromatic carbocycles. The second-order valence-corrected chi connectivity index (χ2v) is 6.44. The SMILES string of the molecule is CCCCCCCCOCC(O)CNCC1(C)CC1. The quantitative estimate of drug-likeness (QED) is 0.506. The van der Waals surface area contributed by atoms with E-state index in [0.717, 1.165) is 19.6 Å². The Bertz CT molecular complexity index is 217. The van der Waals surface area contributed by atoms with Crippen molar-refractivity contribution >= 4 is 0 Å². The molecule has 0 spiro atoms. The van der Waals surface area contributed by atoms with E-state index in [4.69, 9.17) is 4.74 Å². The van der Waals surface area contributed by atoms with Crippen LogP contribution in [0.4, 0.5) is 0 Å². The maximum absolute atomic E-state index is 9.75. The van der Waals surface area contributed by atoms with Crippen molar-refractivity contribution in [2.75, 3.05) is 26.3 Å². The molecule has 0 saturated heterocycles. The largest absolute Gasteiger partial charge is 0.389 e. The average molecular weight is 271 g/mol. The summed E-state index contributed by atoms with van der Waals surface area (Å²) in [7, 11) is 0. The molecule has 1 atom stereocenters. The van der Waals surface area contributed by atoms with E-state index < -0.39 is 0 Å². The highest BCUT2D eigenvalue weighted by atomic mass is 16.5. The van der Waals surface area contributed by atoms with Crippen molar-refractivity contribution in [2.24, 2.45) is 5.41 Å². The van der Waals surface area contributed by atoms with Gasteiger partial charge in [0.1, 0.15) is 0 Å². The van der Waals surface area contributed by atoms with Gasteiger partial charge in [-0.2, -0.15) is 0 Å². The predicted molar refractivity (Wildman–Crippen MR) is 80.4 cm³/mol. The summed E-state index contributed by atoms with van der Waals surface area (Å²) in [6.07, 6.45) is 9.99. The second kappa shape index (κ2) is 9.73. The van der Waals surface area contributed by atoms with Gasteiger partial charge in [-0.1, -0.05) is 46.0 Å². The topological polar surface area (TPSA) is 41.5 Å². The Labute approximate surface area is 119 Å². The molecule has 1 rings (SSSR count). The van der Waals surface area contributed by atoms with Gasteiger partial charge >= 0.3 is 0 Å². The van der Waals surface area contributed by atoms with Crippen molar-refractivity contribution < 1.29 is 9.84 Å². The Balaban J connectivity index is 1.78. The van der Waals surface area contributed by atoms with Gasteiger partial charge in [0, 0.05) is 19.7 Å². The second-order valence-electron chi connectivity index (χ2n) is 6.44. The third-order valence-electron chi connectivity index (χ3n) is 3.99. The molecule has 0 amide bonds. The average Bonchev–Trinajstić information content (AvgIpc) is 3.11. The van der Waals surface area contributed by atoms with Crippen LogP contribution < -0.4 is 5.32 Å². The summed E-state index contributed by atoms with van der Waals surface area (Å²) < 4.78 is 5.51. The zero-order chi connectivity index (χ0) is 14.0. The van der Waals surface area contributed by atoms with Crippen LogP contribution in [0.25, 0.3) is 0 Å². The number of aliphatic hydroxyl groups excluding tert-OH is 1. The first kappa shape index (κ1) is 16.9. The van der Waals surface area contributed by atoms with Gasteiger partial charge in [0.15, 0.2) is 0 Å². The Morgan fingerprint density at radius 3 is 2.53 bits per heavy atom. The molecule has 0 radical (unpaired) electrons. The van der Waals surface area contributed by atoms with Crippen molar-refractivity contribution in [3.05, 3.63) is 0 Å². The number of unbranched alkanes of at least 4 members (excludes halogenated alkanes) is 5. The molecule has 0 aliphatic heterocycles. The monoisotopic (exact) mass is 271 g/mol. The minimum atomic E-state index is -0.359. The van der Waals surface area contributed by atoms with Gasteiger partial charge in [0.25, 0.3) is 0 Å². The molecule has 0 aromatic rings. The van der Waals surface area contributed by atoms with E-state index in [1.54, 1.807) is 0 Å². The molecular formula is C16H33NO2. The number of rotatable bonds is 13. The number of ether oxygens (including phenoxy) is 1. The van der Waals surface area contributed by atoms with E-state index in [-0.39, 0.29) is 6.10 Å². The van der Waals surface area contributed by atoms with Crippen molar-refractivity contribution in [3.63, 3.8) is 0 Å². The van der Waals surface area contributed by atoms with Crippen molar-refractivity contribution in [3.8, 4) is 0 Å². The molecule has 0 aromatic heterocycles. The van der Waals surface area contributed by atoms with Gasteiger partial charge in [0.05, 0.1) is 12.7 Å². The van der Waals surface area contributed by atoms with E-state index in [9.17, 15) is 5.11 Å². The fourth-order valence-electron chi connectivity index (χ4n) is 2.19. The van der Waals surface area contributed by atoms with Gasteiger partial charge in [0.2, 0.25) is 0 Å². The zero-order valence-electron chi connectivity index (χ0n) is 12.9. The third-order valence-corrected chi connectivity index (χ3v) is 3.99. The van der Waals surface area contributed by atoms with E-state index in [2.05, 4.69) is 19.2 Å². The lowest BCUT2D eigenvalue weighted by Crippen LogP contribution is -2.33. The van der Waals surface area contributed by atoms with Gasteiger partial charge in [-0.05, 0) is 24.7 Å². The van der Waals surface area contributed by atoms with Crippen LogP contribution in [0.15, 0.2) is 0 Å². The molecule has 0 heterocycles. The third kappa shape index (κ3) is 9.42. The molecule has 1 aliphatic rings. The van der Waals surface area contributed by atoms with Crippen LogP contribution in [0.2, 0.25) is 0 Å². The fraction of sp³-hybridized carbons (Fsp3) is 1.00. The summed E-state index contributed by atoms with van der Waals surface area (Å²) in [6.45, 7) is 7.48. The summed E-state index contributed by atoms with van der Waals surface area (Å²) in [6, 6.07) is 0. The molecule has 2 N–H and O–H groups in total. The van der Waals surface area contributed by atoms with Gasteiger partial charge in [-0.25, -0.2) is 0 Å². The number of hydrogen-bond acceptors (Lipinski definition) is 3. The molecule has 3 nitrogen and oxygen atoms in total. The number of nitrogens with one attached hydrogen (secondary N) is 1. The van der Waals surface area contributed by atoms with Gasteiger partial charge < -0.3 is 15.2 Å². The summed E-state index contributed by atoms with van der Waals surface area (Å²) in [5.74, 6) is 0. The van der Waals surface area contributed by atoms with Gasteiger partial charge in [-0.15, -0.1) is 0 Å². The molecule has 19 heavy (non-hydrogen) atoms. The minimum absolute atomic E-state index is 0.359. The molecular weight excluding hydrogens is 238 g/mol. The van der Waals surface area contributed by atoms with Crippen molar-refractivity contribution in [2.45, 2.75) is 71.3 Å². The molecule has 1 aliphatic carbocycles. The normalized spacial score (nSPS) is 18.5. The van der Waals surface area contributed by atoms with E-state index in [1.165, 1.54) is 44.9 Å². The Morgan fingerprint density at radius 1 is 1.16 bits per heavy atom. The Morgan fingerprint density at radius 2 is 1.84 bits per heavy atom. The lowest BCUT2D eigenvalue weighted by molar-refractivity contribution is 0.0350. The highest BCUT2D eigenvalue weighted by Gasteiger charge is 2.36. The Kier molecular flexibility index (Phi) is 8.67. The summed E-state index contributed by atoms with van der Waals surface area (Å²) in [5, 5.41) is 13.1.